The SMILES string of the molecule is Cc1cc2c3c4c5c(cc(C)c14)S(=O)(=O)c1c(ccc4ccccc14)C5C(=O)C3c1ccc3ccccc3c1S2(=O)=O. The maximum absolute atomic E-state index is 15.0. The first-order valence-corrected chi connectivity index (χ1v) is 16.8. The molecular weight excluding hydrogens is 565 g/mol. The van der Waals surface area contributed by atoms with Crippen LogP contribution in [0.4, 0.5) is 0 Å². The fourth-order valence-electron chi connectivity index (χ4n) is 7.94. The molecule has 1 aliphatic carbocycles. The van der Waals surface area contributed by atoms with Crippen molar-refractivity contribution in [2.45, 2.75) is 45.3 Å². The third-order valence-electron chi connectivity index (χ3n) is 9.51. The van der Waals surface area contributed by atoms with E-state index in [9.17, 15) is 21.6 Å². The molecule has 42 heavy (non-hydrogen) atoms. The molecule has 0 bridgehead atoms. The molecule has 2 aliphatic heterocycles. The lowest BCUT2D eigenvalue weighted by Crippen LogP contribution is -2.36. The van der Waals surface area contributed by atoms with Crippen molar-refractivity contribution >= 4 is 57.8 Å². The molecule has 0 saturated carbocycles. The third kappa shape index (κ3) is 2.63. The normalized spacial score (nSPS) is 20.5. The molecule has 6 aromatic carbocycles. The Morgan fingerprint density at radius 1 is 0.548 bits per heavy atom. The average Bonchev–Trinajstić information content (AvgIpc) is 2.97. The van der Waals surface area contributed by atoms with E-state index in [0.29, 0.717) is 38.4 Å². The molecule has 0 saturated heterocycles. The molecule has 5 nitrogen and oxygen atoms in total. The predicted molar refractivity (Wildman–Crippen MR) is 161 cm³/mol. The molecule has 3 aliphatic rings. The quantitative estimate of drug-likeness (QED) is 0.193. The van der Waals surface area contributed by atoms with Gasteiger partial charge < -0.3 is 0 Å². The molecule has 0 amide bonds. The summed E-state index contributed by atoms with van der Waals surface area (Å²) in [6.45, 7) is 3.73. The van der Waals surface area contributed by atoms with Crippen molar-refractivity contribution in [2.24, 2.45) is 0 Å². The Morgan fingerprint density at radius 3 is 1.43 bits per heavy atom. The van der Waals surface area contributed by atoms with Gasteiger partial charge in [-0.2, -0.15) is 0 Å². The van der Waals surface area contributed by atoms with Crippen LogP contribution in [0.15, 0.2) is 105 Å². The minimum absolute atomic E-state index is 0.0997. The van der Waals surface area contributed by atoms with Gasteiger partial charge in [-0.1, -0.05) is 72.8 Å². The molecule has 2 unspecified atom stereocenters. The summed E-state index contributed by atoms with van der Waals surface area (Å²) in [6, 6.07) is 25.3. The molecule has 9 rings (SSSR count). The zero-order chi connectivity index (χ0) is 28.9. The first kappa shape index (κ1) is 24.3. The van der Waals surface area contributed by atoms with E-state index in [4.69, 9.17) is 0 Å². The summed E-state index contributed by atoms with van der Waals surface area (Å²) >= 11 is 0. The number of benzene rings is 6. The molecule has 0 radical (unpaired) electrons. The number of sulfone groups is 2. The van der Waals surface area contributed by atoms with Gasteiger partial charge in [0.2, 0.25) is 19.7 Å². The van der Waals surface area contributed by atoms with Gasteiger partial charge in [-0.15, -0.1) is 0 Å². The van der Waals surface area contributed by atoms with Crippen molar-refractivity contribution in [3.05, 3.63) is 118 Å². The number of hydrogen-bond acceptors (Lipinski definition) is 5. The number of carbonyl (C=O) groups excluding carboxylic acids is 1. The molecule has 204 valence electrons. The van der Waals surface area contributed by atoms with Gasteiger partial charge in [0.05, 0.1) is 31.4 Å². The van der Waals surface area contributed by atoms with Crippen molar-refractivity contribution in [1.29, 1.82) is 0 Å². The van der Waals surface area contributed by atoms with E-state index >= 15 is 0 Å². The summed E-state index contributed by atoms with van der Waals surface area (Å²) in [4.78, 5) is 15.5. The average molecular weight is 587 g/mol. The van der Waals surface area contributed by atoms with E-state index in [-0.39, 0.29) is 25.4 Å². The summed E-state index contributed by atoms with van der Waals surface area (Å²) in [5.41, 5.74) is 3.23. The number of Topliss-reactive ketones (excluding diaryl/α,β-unsaturated/α-hetero) is 1. The number of carbonyl (C=O) groups is 1. The standard InChI is InChI=1S/C35H22O5S2/c1-17-15-25-30-28(23-13-11-19-7-3-5-9-21(19)34(23)41(25,37)38)33(36)29-24-14-12-20-8-4-6-10-22(20)35(24)42(39,40)26-16-18(2)27(17)32(30)31(26)29/h3-16,28-29H,1-2H3. The largest absolute Gasteiger partial charge is 0.298 e. The molecule has 6 aromatic rings. The second-order valence-electron chi connectivity index (χ2n) is 11.6. The van der Waals surface area contributed by atoms with Crippen molar-refractivity contribution in [3.8, 4) is 0 Å². The van der Waals surface area contributed by atoms with Gasteiger partial charge >= 0.3 is 0 Å². The Balaban J connectivity index is 1.53. The van der Waals surface area contributed by atoms with Gasteiger partial charge in [-0.25, -0.2) is 16.8 Å². The molecule has 0 spiro atoms. The Morgan fingerprint density at radius 2 is 0.976 bits per heavy atom. The van der Waals surface area contributed by atoms with Crippen LogP contribution in [0.1, 0.15) is 45.2 Å². The number of aryl methyl sites for hydroxylation is 2. The summed E-state index contributed by atoms with van der Waals surface area (Å²) in [7, 11) is -8.07. The lowest BCUT2D eigenvalue weighted by Gasteiger charge is -2.40. The number of ketones is 1. The van der Waals surface area contributed by atoms with Crippen LogP contribution in [0.25, 0.3) is 32.3 Å². The molecular formula is C35H22O5S2. The monoisotopic (exact) mass is 586 g/mol. The molecule has 0 fully saturated rings. The minimum atomic E-state index is -4.03. The van der Waals surface area contributed by atoms with Crippen LogP contribution in [-0.4, -0.2) is 22.6 Å². The van der Waals surface area contributed by atoms with Crippen LogP contribution in [0.5, 0.6) is 0 Å². The fourth-order valence-corrected chi connectivity index (χ4v) is 12.0. The summed E-state index contributed by atoms with van der Waals surface area (Å²) < 4.78 is 57.9. The van der Waals surface area contributed by atoms with Crippen molar-refractivity contribution < 1.29 is 21.6 Å². The first-order valence-electron chi connectivity index (χ1n) is 13.8. The van der Waals surface area contributed by atoms with Crippen molar-refractivity contribution in [2.75, 3.05) is 0 Å². The van der Waals surface area contributed by atoms with Crippen LogP contribution in [0, 0.1) is 13.8 Å². The van der Waals surface area contributed by atoms with E-state index in [1.165, 1.54) is 0 Å². The summed E-state index contributed by atoms with van der Waals surface area (Å²) in [6.07, 6.45) is 0. The molecule has 7 heteroatoms. The lowest BCUT2D eigenvalue weighted by molar-refractivity contribution is -0.120. The molecule has 2 atom stereocenters. The van der Waals surface area contributed by atoms with Gasteiger partial charge in [0.1, 0.15) is 0 Å². The predicted octanol–water partition coefficient (Wildman–Crippen LogP) is 6.90. The second kappa shape index (κ2) is 7.54. The summed E-state index contributed by atoms with van der Waals surface area (Å²) in [5, 5.41) is 4.14. The van der Waals surface area contributed by atoms with Crippen LogP contribution < -0.4 is 0 Å². The Bertz CT molecular complexity index is 2370. The highest BCUT2D eigenvalue weighted by molar-refractivity contribution is 7.92. The van der Waals surface area contributed by atoms with E-state index in [1.54, 1.807) is 36.4 Å². The van der Waals surface area contributed by atoms with Gasteiger partial charge in [0.15, 0.2) is 5.78 Å². The highest BCUT2D eigenvalue weighted by atomic mass is 32.2. The van der Waals surface area contributed by atoms with E-state index in [0.717, 1.165) is 27.3 Å². The minimum Gasteiger partial charge on any atom is -0.298 e. The van der Waals surface area contributed by atoms with Crippen LogP contribution in [-0.2, 0) is 24.5 Å². The second-order valence-corrected chi connectivity index (χ2v) is 15.4. The van der Waals surface area contributed by atoms with Gasteiger partial charge in [-0.3, -0.25) is 4.79 Å². The first-order chi connectivity index (χ1) is 20.1. The maximum atomic E-state index is 15.0. The topological polar surface area (TPSA) is 85.3 Å². The van der Waals surface area contributed by atoms with Gasteiger partial charge in [-0.05, 0) is 80.9 Å². The van der Waals surface area contributed by atoms with Crippen LogP contribution in [0.3, 0.4) is 0 Å². The zero-order valence-electron chi connectivity index (χ0n) is 22.6. The van der Waals surface area contributed by atoms with Crippen LogP contribution in [0.2, 0.25) is 0 Å². The van der Waals surface area contributed by atoms with E-state index in [2.05, 4.69) is 0 Å². The number of rotatable bonds is 0. The van der Waals surface area contributed by atoms with E-state index < -0.39 is 31.5 Å². The zero-order valence-corrected chi connectivity index (χ0v) is 24.2. The number of fused-ring (bicyclic) bond motifs is 8. The molecule has 0 aromatic heterocycles. The van der Waals surface area contributed by atoms with Crippen LogP contribution >= 0.6 is 0 Å². The smallest absolute Gasteiger partial charge is 0.207 e. The Hall–Kier alpha value is -4.33. The van der Waals surface area contributed by atoms with E-state index in [1.807, 2.05) is 62.4 Å². The Labute approximate surface area is 242 Å². The van der Waals surface area contributed by atoms with Crippen molar-refractivity contribution in [1.82, 2.24) is 0 Å². The Kier molecular flexibility index (Phi) is 4.36. The lowest BCUT2D eigenvalue weighted by atomic mass is 9.68. The highest BCUT2D eigenvalue weighted by Crippen LogP contribution is 2.59. The number of hydrogen-bond donors (Lipinski definition) is 0. The summed E-state index contributed by atoms with van der Waals surface area (Å²) in [5.74, 6) is -1.89. The highest BCUT2D eigenvalue weighted by Gasteiger charge is 2.52. The molecule has 0 N–H and O–H groups in total. The van der Waals surface area contributed by atoms with Gasteiger partial charge in [0, 0.05) is 10.8 Å². The van der Waals surface area contributed by atoms with Crippen molar-refractivity contribution in [3.63, 3.8) is 0 Å². The van der Waals surface area contributed by atoms with Gasteiger partial charge in [0.25, 0.3) is 0 Å². The third-order valence-corrected chi connectivity index (χ3v) is 13.3. The fraction of sp³-hybridized carbons (Fsp3) is 0.114. The maximum Gasteiger partial charge on any atom is 0.207 e. The molecule has 2 heterocycles.